The molecule has 1 saturated carbocycles. The van der Waals surface area contributed by atoms with Crippen LogP contribution in [0.3, 0.4) is 0 Å². The summed E-state index contributed by atoms with van der Waals surface area (Å²) in [4.78, 5) is 30.2. The zero-order valence-electron chi connectivity index (χ0n) is 23.4. The minimum absolute atomic E-state index is 0.0110. The predicted molar refractivity (Wildman–Crippen MR) is 153 cm³/mol. The van der Waals surface area contributed by atoms with Gasteiger partial charge in [0.2, 0.25) is 5.91 Å². The van der Waals surface area contributed by atoms with E-state index in [0.29, 0.717) is 12.0 Å². The number of halogens is 1. The lowest BCUT2D eigenvalue weighted by Crippen LogP contribution is -2.27. The third-order valence-corrected chi connectivity index (χ3v) is 7.43. The number of carbonyl (C=O) groups is 2. The number of aromatic nitrogens is 1. The van der Waals surface area contributed by atoms with Gasteiger partial charge in [0.25, 0.3) is 0 Å². The summed E-state index contributed by atoms with van der Waals surface area (Å²) in [6.45, 7) is 7.02. The monoisotopic (exact) mass is 530 g/mol. The molecule has 4 rings (SSSR count). The fraction of sp³-hybridized carbons (Fsp3) is 0.424. The lowest BCUT2D eigenvalue weighted by molar-refractivity contribution is -0.154. The number of hydrogen-bond donors (Lipinski definition) is 1. The highest BCUT2D eigenvalue weighted by Gasteiger charge is 2.32. The van der Waals surface area contributed by atoms with Gasteiger partial charge < -0.3 is 10.1 Å². The van der Waals surface area contributed by atoms with E-state index >= 15 is 0 Å². The molecule has 3 aromatic rings. The molecule has 0 radical (unpaired) electrons. The molecule has 39 heavy (non-hydrogen) atoms. The second kappa shape index (κ2) is 12.5. The van der Waals surface area contributed by atoms with Gasteiger partial charge in [-0.15, -0.1) is 0 Å². The van der Waals surface area contributed by atoms with Gasteiger partial charge in [0.15, 0.2) is 0 Å². The molecular formula is C33H39FN2O3. The van der Waals surface area contributed by atoms with E-state index in [0.717, 1.165) is 59.2 Å². The molecule has 1 N–H and O–H groups in total. The minimum atomic E-state index is -0.551. The van der Waals surface area contributed by atoms with E-state index in [9.17, 15) is 14.0 Å². The number of pyridine rings is 1. The predicted octanol–water partition coefficient (Wildman–Crippen LogP) is 7.71. The first-order valence-corrected chi connectivity index (χ1v) is 13.9. The van der Waals surface area contributed by atoms with Crippen molar-refractivity contribution in [3.63, 3.8) is 0 Å². The lowest BCUT2D eigenvalue weighted by Gasteiger charge is -2.24. The van der Waals surface area contributed by atoms with Gasteiger partial charge >= 0.3 is 5.97 Å². The average molecular weight is 531 g/mol. The molecule has 206 valence electrons. The third-order valence-electron chi connectivity index (χ3n) is 7.43. The van der Waals surface area contributed by atoms with E-state index in [1.165, 1.54) is 6.20 Å². The number of alkyl halides is 1. The molecule has 1 unspecified atom stereocenters. The molecule has 0 aliphatic heterocycles. The second-order valence-corrected chi connectivity index (χ2v) is 11.5. The van der Waals surface area contributed by atoms with E-state index < -0.39 is 12.3 Å². The van der Waals surface area contributed by atoms with Crippen LogP contribution in [0.2, 0.25) is 0 Å². The van der Waals surface area contributed by atoms with Crippen LogP contribution in [0.5, 0.6) is 0 Å². The Balaban J connectivity index is 1.52. The van der Waals surface area contributed by atoms with Gasteiger partial charge in [-0.2, -0.15) is 0 Å². The Morgan fingerprint density at radius 1 is 1.05 bits per heavy atom. The molecule has 6 heteroatoms. The number of amides is 1. The highest BCUT2D eigenvalue weighted by Crippen LogP contribution is 2.39. The van der Waals surface area contributed by atoms with Gasteiger partial charge in [-0.3, -0.25) is 14.6 Å². The van der Waals surface area contributed by atoms with Gasteiger partial charge in [0.1, 0.15) is 12.3 Å². The first-order chi connectivity index (χ1) is 18.6. The Kier molecular flexibility index (Phi) is 9.16. The number of carbonyl (C=O) groups excluding carboxylic acids is 2. The normalized spacial score (nSPS) is 14.7. The molecule has 5 nitrogen and oxygen atoms in total. The lowest BCUT2D eigenvalue weighted by atomic mass is 9.83. The quantitative estimate of drug-likeness (QED) is 0.288. The van der Waals surface area contributed by atoms with E-state index in [2.05, 4.69) is 10.3 Å². The maximum atomic E-state index is 13.8. The van der Waals surface area contributed by atoms with Crippen molar-refractivity contribution in [3.05, 3.63) is 83.2 Å². The van der Waals surface area contributed by atoms with Crippen molar-refractivity contribution in [1.82, 2.24) is 4.98 Å². The topological polar surface area (TPSA) is 68.3 Å². The molecule has 1 fully saturated rings. The van der Waals surface area contributed by atoms with Crippen LogP contribution < -0.4 is 5.32 Å². The van der Waals surface area contributed by atoms with E-state index in [1.54, 1.807) is 6.20 Å². The Morgan fingerprint density at radius 2 is 1.77 bits per heavy atom. The largest absolute Gasteiger partial charge is 0.460 e. The van der Waals surface area contributed by atoms with E-state index in [4.69, 9.17) is 4.74 Å². The Labute approximate surface area is 231 Å². The first kappa shape index (κ1) is 28.5. The molecule has 2 aromatic carbocycles. The van der Waals surface area contributed by atoms with Gasteiger partial charge in [0, 0.05) is 35.6 Å². The highest BCUT2D eigenvalue weighted by molar-refractivity contribution is 5.97. The number of aryl methyl sites for hydroxylation is 1. The van der Waals surface area contributed by atoms with E-state index in [1.807, 2.05) is 76.2 Å². The summed E-state index contributed by atoms with van der Waals surface area (Å²) in [5, 5.41) is 3.21. The Bertz CT molecular complexity index is 1290. The molecular weight excluding hydrogens is 491 g/mol. The number of rotatable bonds is 9. The summed E-state index contributed by atoms with van der Waals surface area (Å²) in [6, 6.07) is 15.7. The van der Waals surface area contributed by atoms with Crippen LogP contribution >= 0.6 is 0 Å². The summed E-state index contributed by atoms with van der Waals surface area (Å²) in [6.07, 6.45) is 8.42. The highest BCUT2D eigenvalue weighted by atomic mass is 19.1. The van der Waals surface area contributed by atoms with Crippen molar-refractivity contribution in [2.75, 3.05) is 5.32 Å². The van der Waals surface area contributed by atoms with Gasteiger partial charge in [-0.05, 0) is 87.3 Å². The number of esters is 1. The van der Waals surface area contributed by atoms with Crippen LogP contribution in [0.1, 0.15) is 81.0 Å². The average Bonchev–Trinajstić information content (AvgIpc) is 3.43. The number of nitrogens with one attached hydrogen (secondary N) is 1. The molecule has 1 aromatic heterocycles. The van der Waals surface area contributed by atoms with Gasteiger partial charge in [-0.1, -0.05) is 49.2 Å². The van der Waals surface area contributed by atoms with Crippen LogP contribution in [0.4, 0.5) is 10.1 Å². The van der Waals surface area contributed by atoms with Crippen LogP contribution in [-0.4, -0.2) is 22.5 Å². The van der Waals surface area contributed by atoms with Crippen LogP contribution in [-0.2, 0) is 27.4 Å². The Hall–Kier alpha value is -3.54. The maximum absolute atomic E-state index is 13.8. The molecule has 1 atom stereocenters. The van der Waals surface area contributed by atoms with Gasteiger partial charge in [0.05, 0.1) is 5.92 Å². The van der Waals surface area contributed by atoms with Crippen molar-refractivity contribution in [2.24, 2.45) is 5.92 Å². The van der Waals surface area contributed by atoms with Crippen molar-refractivity contribution < 1.29 is 18.7 Å². The molecule has 0 saturated heterocycles. The summed E-state index contributed by atoms with van der Waals surface area (Å²) in [5.74, 6) is -0.221. The smallest absolute Gasteiger partial charge is 0.306 e. The number of hydrogen-bond acceptors (Lipinski definition) is 4. The number of nitrogens with zero attached hydrogens (tertiary/aromatic N) is 1. The zero-order valence-corrected chi connectivity index (χ0v) is 23.4. The molecule has 0 spiro atoms. The fourth-order valence-electron chi connectivity index (χ4n) is 5.46. The first-order valence-electron chi connectivity index (χ1n) is 13.9. The minimum Gasteiger partial charge on any atom is -0.460 e. The van der Waals surface area contributed by atoms with Crippen LogP contribution in [0.25, 0.3) is 11.1 Å². The van der Waals surface area contributed by atoms with Crippen molar-refractivity contribution in [1.29, 1.82) is 0 Å². The molecule has 1 amide bonds. The molecule has 1 aliphatic rings. The van der Waals surface area contributed by atoms with Crippen LogP contribution in [0.15, 0.2) is 60.9 Å². The third kappa shape index (κ3) is 7.53. The summed E-state index contributed by atoms with van der Waals surface area (Å²) < 4.78 is 18.6. The zero-order chi connectivity index (χ0) is 28.0. The number of benzene rings is 2. The van der Waals surface area contributed by atoms with Crippen molar-refractivity contribution in [2.45, 2.75) is 84.4 Å². The van der Waals surface area contributed by atoms with Gasteiger partial charge in [-0.25, -0.2) is 4.39 Å². The van der Waals surface area contributed by atoms with Crippen molar-refractivity contribution in [3.8, 4) is 11.1 Å². The fourth-order valence-corrected chi connectivity index (χ4v) is 5.46. The van der Waals surface area contributed by atoms with Crippen LogP contribution in [0, 0.1) is 12.8 Å². The summed E-state index contributed by atoms with van der Waals surface area (Å²) in [5.41, 5.74) is 5.58. The number of ether oxygens (including phenoxy) is 1. The summed E-state index contributed by atoms with van der Waals surface area (Å²) in [7, 11) is 0. The molecule has 0 bridgehead atoms. The Morgan fingerprint density at radius 3 is 2.44 bits per heavy atom. The van der Waals surface area contributed by atoms with E-state index in [-0.39, 0.29) is 30.1 Å². The molecule has 1 aliphatic carbocycles. The summed E-state index contributed by atoms with van der Waals surface area (Å²) >= 11 is 0. The standard InChI is InChI=1S/C33H39FN2O3/c1-22-24(16-17-30(37)39-33(2,3)4)10-7-11-29(22)36-32(38)31(26-8-5-6-9-26)27-14-12-25(13-15-27)28-18-23(19-34)20-35-21-28/h7,10-15,18,20-21,26,31H,5-6,8-9,16-17,19H2,1-4H3,(H,36,38). The maximum Gasteiger partial charge on any atom is 0.306 e. The molecule has 1 heterocycles. The number of anilines is 1. The van der Waals surface area contributed by atoms with Crippen molar-refractivity contribution >= 4 is 17.6 Å². The SMILES string of the molecule is Cc1c(CCC(=O)OC(C)(C)C)cccc1NC(=O)C(c1ccc(-c2cncc(CF)c2)cc1)C1CCCC1. The second-order valence-electron chi connectivity index (χ2n) is 11.5.